The Bertz CT molecular complexity index is 872. The van der Waals surface area contributed by atoms with Gasteiger partial charge in [-0.2, -0.15) is 0 Å². The highest BCUT2D eigenvalue weighted by molar-refractivity contribution is 7.91. The second-order valence-electron chi connectivity index (χ2n) is 5.57. The first-order chi connectivity index (χ1) is 12.4. The van der Waals surface area contributed by atoms with Crippen molar-refractivity contribution in [1.82, 2.24) is 10.6 Å². The maximum atomic E-state index is 13.0. The average Bonchev–Trinajstić information content (AvgIpc) is 3.14. The molecule has 0 saturated heterocycles. The molecule has 0 fully saturated rings. The minimum absolute atomic E-state index is 0.155. The van der Waals surface area contributed by atoms with Crippen LogP contribution in [0.3, 0.4) is 0 Å². The number of amides is 2. The zero-order valence-corrected chi connectivity index (χ0v) is 15.9. The van der Waals surface area contributed by atoms with Crippen molar-refractivity contribution in [2.75, 3.05) is 13.1 Å². The third-order valence-electron chi connectivity index (χ3n) is 3.65. The van der Waals surface area contributed by atoms with E-state index >= 15 is 0 Å². The van der Waals surface area contributed by atoms with Gasteiger partial charge in [0.25, 0.3) is 0 Å². The van der Waals surface area contributed by atoms with Crippen LogP contribution in [0, 0.1) is 6.92 Å². The van der Waals surface area contributed by atoms with E-state index in [1.165, 1.54) is 17.4 Å². The second kappa shape index (κ2) is 8.77. The molecule has 138 valence electrons. The predicted octanol–water partition coefficient (Wildman–Crippen LogP) is 1.99. The molecule has 2 N–H and O–H groups in total. The number of rotatable bonds is 7. The maximum Gasteiger partial charge on any atom is 0.309 e. The van der Waals surface area contributed by atoms with Crippen LogP contribution in [-0.2, 0) is 19.4 Å². The SMILES string of the molecule is C=CCNC(=O)C(=O)NCC(c1cccs1)S(=O)(=O)c1ccc(C)cc1. The van der Waals surface area contributed by atoms with Crippen LogP contribution in [0.2, 0.25) is 0 Å². The number of sulfone groups is 1. The molecule has 0 spiro atoms. The van der Waals surface area contributed by atoms with Crippen molar-refractivity contribution in [2.45, 2.75) is 17.1 Å². The monoisotopic (exact) mass is 392 g/mol. The number of thiophene rings is 1. The molecule has 2 aromatic rings. The predicted molar refractivity (Wildman–Crippen MR) is 102 cm³/mol. The Morgan fingerprint density at radius 1 is 1.15 bits per heavy atom. The molecular formula is C18H20N2O4S2. The van der Waals surface area contributed by atoms with Crippen LogP contribution in [-0.4, -0.2) is 33.3 Å². The summed E-state index contributed by atoms with van der Waals surface area (Å²) in [6, 6.07) is 9.98. The van der Waals surface area contributed by atoms with Gasteiger partial charge in [0.05, 0.1) is 4.90 Å². The Labute approximate surface area is 156 Å². The van der Waals surface area contributed by atoms with Gasteiger partial charge in [0, 0.05) is 18.0 Å². The van der Waals surface area contributed by atoms with Crippen LogP contribution in [0.1, 0.15) is 15.7 Å². The third kappa shape index (κ3) is 4.80. The fourth-order valence-electron chi connectivity index (χ4n) is 2.24. The van der Waals surface area contributed by atoms with Gasteiger partial charge in [0.2, 0.25) is 0 Å². The molecular weight excluding hydrogens is 372 g/mol. The lowest BCUT2D eigenvalue weighted by molar-refractivity contribution is -0.139. The highest BCUT2D eigenvalue weighted by Gasteiger charge is 2.31. The van der Waals surface area contributed by atoms with E-state index in [2.05, 4.69) is 17.2 Å². The van der Waals surface area contributed by atoms with E-state index in [0.717, 1.165) is 5.56 Å². The summed E-state index contributed by atoms with van der Waals surface area (Å²) >= 11 is 1.29. The van der Waals surface area contributed by atoms with Gasteiger partial charge >= 0.3 is 11.8 Å². The van der Waals surface area contributed by atoms with E-state index in [9.17, 15) is 18.0 Å². The van der Waals surface area contributed by atoms with Crippen molar-refractivity contribution in [3.8, 4) is 0 Å². The molecule has 8 heteroatoms. The molecule has 1 heterocycles. The smallest absolute Gasteiger partial charge is 0.309 e. The molecule has 0 bridgehead atoms. The summed E-state index contributed by atoms with van der Waals surface area (Å²) in [5.74, 6) is -1.71. The standard InChI is InChI=1S/C18H20N2O4S2/c1-3-10-19-17(21)18(22)20-12-16(15-5-4-11-25-15)26(23,24)14-8-6-13(2)7-9-14/h3-9,11,16H,1,10,12H2,2H3,(H,19,21)(H,20,22). The third-order valence-corrected chi connectivity index (χ3v) is 6.88. The normalized spacial score (nSPS) is 12.2. The van der Waals surface area contributed by atoms with E-state index in [1.807, 2.05) is 6.92 Å². The molecule has 1 aromatic carbocycles. The van der Waals surface area contributed by atoms with Gasteiger partial charge < -0.3 is 10.6 Å². The van der Waals surface area contributed by atoms with Gasteiger partial charge in [-0.1, -0.05) is 29.8 Å². The second-order valence-corrected chi connectivity index (χ2v) is 8.68. The number of benzene rings is 1. The van der Waals surface area contributed by atoms with Crippen LogP contribution in [0.15, 0.2) is 59.3 Å². The number of carbonyl (C=O) groups excluding carboxylic acids is 2. The van der Waals surface area contributed by atoms with Crippen molar-refractivity contribution >= 4 is 33.0 Å². The molecule has 0 aliphatic rings. The molecule has 0 aliphatic heterocycles. The molecule has 0 aliphatic carbocycles. The molecule has 1 aromatic heterocycles. The highest BCUT2D eigenvalue weighted by atomic mass is 32.2. The van der Waals surface area contributed by atoms with E-state index in [4.69, 9.17) is 0 Å². The number of nitrogens with one attached hydrogen (secondary N) is 2. The molecule has 0 saturated carbocycles. The van der Waals surface area contributed by atoms with Crippen molar-refractivity contribution in [3.63, 3.8) is 0 Å². The maximum absolute atomic E-state index is 13.0. The van der Waals surface area contributed by atoms with Crippen molar-refractivity contribution < 1.29 is 18.0 Å². The van der Waals surface area contributed by atoms with E-state index in [-0.39, 0.29) is 18.0 Å². The first-order valence-corrected chi connectivity index (χ1v) is 10.3. The summed E-state index contributed by atoms with van der Waals surface area (Å²) in [6.45, 7) is 5.28. The van der Waals surface area contributed by atoms with Gasteiger partial charge in [-0.3, -0.25) is 9.59 Å². The molecule has 2 amide bonds. The number of hydrogen-bond donors (Lipinski definition) is 2. The van der Waals surface area contributed by atoms with Gasteiger partial charge in [0.1, 0.15) is 5.25 Å². The van der Waals surface area contributed by atoms with E-state index in [1.54, 1.807) is 41.8 Å². The Balaban J connectivity index is 2.22. The lowest BCUT2D eigenvalue weighted by Gasteiger charge is -2.17. The summed E-state index contributed by atoms with van der Waals surface area (Å²) in [4.78, 5) is 24.3. The lowest BCUT2D eigenvalue weighted by Crippen LogP contribution is -2.42. The quantitative estimate of drug-likeness (QED) is 0.557. The number of hydrogen-bond acceptors (Lipinski definition) is 5. The minimum Gasteiger partial charge on any atom is -0.346 e. The molecule has 26 heavy (non-hydrogen) atoms. The summed E-state index contributed by atoms with van der Waals surface area (Å²) < 4.78 is 26.1. The first kappa shape index (κ1) is 19.9. The van der Waals surface area contributed by atoms with E-state index < -0.39 is 26.9 Å². The largest absolute Gasteiger partial charge is 0.346 e. The summed E-state index contributed by atoms with van der Waals surface area (Å²) in [7, 11) is -3.73. The van der Waals surface area contributed by atoms with Crippen molar-refractivity contribution in [1.29, 1.82) is 0 Å². The fourth-order valence-corrected chi connectivity index (χ4v) is 5.03. The number of carbonyl (C=O) groups is 2. The molecule has 1 unspecified atom stereocenters. The average molecular weight is 393 g/mol. The van der Waals surface area contributed by atoms with Crippen LogP contribution in [0.4, 0.5) is 0 Å². The Hall–Kier alpha value is -2.45. The van der Waals surface area contributed by atoms with Crippen molar-refractivity contribution in [2.24, 2.45) is 0 Å². The first-order valence-electron chi connectivity index (χ1n) is 7.87. The summed E-state index contributed by atoms with van der Waals surface area (Å²) in [6.07, 6.45) is 1.45. The molecule has 2 rings (SSSR count). The zero-order valence-electron chi connectivity index (χ0n) is 14.3. The molecule has 6 nitrogen and oxygen atoms in total. The Morgan fingerprint density at radius 3 is 2.38 bits per heavy atom. The van der Waals surface area contributed by atoms with Crippen LogP contribution in [0.5, 0.6) is 0 Å². The number of aryl methyl sites for hydroxylation is 1. The van der Waals surface area contributed by atoms with Gasteiger partial charge in [0.15, 0.2) is 9.84 Å². The molecule has 1 atom stereocenters. The fraction of sp³-hybridized carbons (Fsp3) is 0.222. The zero-order chi connectivity index (χ0) is 19.2. The van der Waals surface area contributed by atoms with Gasteiger partial charge in [-0.25, -0.2) is 8.42 Å². The van der Waals surface area contributed by atoms with E-state index in [0.29, 0.717) is 4.88 Å². The summed E-state index contributed by atoms with van der Waals surface area (Å²) in [5, 5.41) is 5.56. The highest BCUT2D eigenvalue weighted by Crippen LogP contribution is 2.31. The Morgan fingerprint density at radius 2 is 1.81 bits per heavy atom. The van der Waals surface area contributed by atoms with Crippen LogP contribution in [0.25, 0.3) is 0 Å². The summed E-state index contributed by atoms with van der Waals surface area (Å²) in [5.41, 5.74) is 0.948. The van der Waals surface area contributed by atoms with Gasteiger partial charge in [-0.05, 0) is 30.5 Å². The van der Waals surface area contributed by atoms with Crippen LogP contribution >= 0.6 is 11.3 Å². The molecule has 0 radical (unpaired) electrons. The minimum atomic E-state index is -3.73. The van der Waals surface area contributed by atoms with Gasteiger partial charge in [-0.15, -0.1) is 17.9 Å². The topological polar surface area (TPSA) is 92.3 Å². The lowest BCUT2D eigenvalue weighted by atomic mass is 10.2. The van der Waals surface area contributed by atoms with Crippen molar-refractivity contribution in [3.05, 3.63) is 64.9 Å². The Kier molecular flexibility index (Phi) is 6.70. The van der Waals surface area contributed by atoms with Crippen LogP contribution < -0.4 is 10.6 Å².